The number of nitrogens with zero attached hydrogens (tertiary/aromatic N) is 1. The third-order valence-corrected chi connectivity index (χ3v) is 2.62. The molecule has 1 unspecified atom stereocenters. The average molecular weight is 228 g/mol. The smallest absolute Gasteiger partial charge is 0.138 e. The van der Waals surface area contributed by atoms with Gasteiger partial charge in [-0.1, -0.05) is 25.1 Å². The van der Waals surface area contributed by atoms with Crippen molar-refractivity contribution in [3.05, 3.63) is 36.5 Å². The second kappa shape index (κ2) is 5.43. The molecule has 0 amide bonds. The number of rotatable bonds is 5. The van der Waals surface area contributed by atoms with Crippen molar-refractivity contribution >= 4 is 17.1 Å². The second-order valence-corrected chi connectivity index (χ2v) is 4.22. The Bertz CT molecular complexity index is 510. The fourth-order valence-electron chi connectivity index (χ4n) is 1.64. The van der Waals surface area contributed by atoms with Gasteiger partial charge in [0.25, 0.3) is 0 Å². The number of hydrogen-bond acceptors (Lipinski definition) is 3. The number of aromatic nitrogens is 1. The van der Waals surface area contributed by atoms with Gasteiger partial charge in [-0.25, -0.2) is 0 Å². The van der Waals surface area contributed by atoms with Crippen LogP contribution in [0.25, 0.3) is 10.9 Å². The van der Waals surface area contributed by atoms with Crippen molar-refractivity contribution < 1.29 is 4.74 Å². The number of hydrogen-bond donors (Lipinski definition) is 1. The molecule has 3 nitrogen and oxygen atoms in total. The van der Waals surface area contributed by atoms with E-state index in [0.29, 0.717) is 12.5 Å². The van der Waals surface area contributed by atoms with Crippen LogP contribution in [0.15, 0.2) is 36.5 Å². The van der Waals surface area contributed by atoms with Crippen molar-refractivity contribution in [3.63, 3.8) is 0 Å². The minimum absolute atomic E-state index is 0.360. The number of ether oxygens (including phenoxy) is 1. The van der Waals surface area contributed by atoms with Crippen molar-refractivity contribution in [1.29, 1.82) is 5.41 Å². The van der Waals surface area contributed by atoms with Gasteiger partial charge in [0.1, 0.15) is 5.75 Å². The zero-order valence-electron chi connectivity index (χ0n) is 9.89. The first kappa shape index (κ1) is 11.6. The molecule has 0 saturated heterocycles. The van der Waals surface area contributed by atoms with Crippen molar-refractivity contribution in [2.75, 3.05) is 6.61 Å². The number of pyridine rings is 1. The van der Waals surface area contributed by atoms with Crippen LogP contribution in [0.4, 0.5) is 0 Å². The van der Waals surface area contributed by atoms with Gasteiger partial charge in [-0.15, -0.1) is 0 Å². The molecule has 0 fully saturated rings. The third kappa shape index (κ3) is 3.03. The lowest BCUT2D eigenvalue weighted by Crippen LogP contribution is -2.08. The highest BCUT2D eigenvalue weighted by Gasteiger charge is 2.02. The summed E-state index contributed by atoms with van der Waals surface area (Å²) in [6.45, 7) is 2.69. The number of para-hydroxylation sites is 1. The van der Waals surface area contributed by atoms with Gasteiger partial charge < -0.3 is 10.1 Å². The molecule has 0 aliphatic heterocycles. The van der Waals surface area contributed by atoms with Crippen LogP contribution in [0.5, 0.6) is 5.75 Å². The van der Waals surface area contributed by atoms with Crippen LogP contribution in [0.1, 0.15) is 13.3 Å². The summed E-state index contributed by atoms with van der Waals surface area (Å²) in [5.41, 5.74) is 0.979. The molecule has 1 heterocycles. The van der Waals surface area contributed by atoms with E-state index in [0.717, 1.165) is 23.1 Å². The Morgan fingerprint density at radius 3 is 3.06 bits per heavy atom. The van der Waals surface area contributed by atoms with Gasteiger partial charge in [-0.05, 0) is 30.7 Å². The van der Waals surface area contributed by atoms with Gasteiger partial charge in [0, 0.05) is 5.39 Å². The second-order valence-electron chi connectivity index (χ2n) is 4.22. The highest BCUT2D eigenvalue weighted by Crippen LogP contribution is 2.18. The van der Waals surface area contributed by atoms with Gasteiger partial charge in [-0.2, -0.15) is 0 Å². The fourth-order valence-corrected chi connectivity index (χ4v) is 1.64. The Kier molecular flexibility index (Phi) is 3.70. The summed E-state index contributed by atoms with van der Waals surface area (Å²) in [7, 11) is 0. The van der Waals surface area contributed by atoms with Crippen LogP contribution in [-0.4, -0.2) is 17.8 Å². The molecule has 3 heteroatoms. The normalized spacial score (nSPS) is 12.3. The molecule has 1 atom stereocenters. The van der Waals surface area contributed by atoms with Crippen molar-refractivity contribution in [2.24, 2.45) is 5.92 Å². The molecule has 0 aliphatic rings. The van der Waals surface area contributed by atoms with E-state index in [-0.39, 0.29) is 0 Å². The number of nitrogens with one attached hydrogen (secondary N) is 1. The summed E-state index contributed by atoms with van der Waals surface area (Å²) in [5, 5.41) is 8.12. The van der Waals surface area contributed by atoms with E-state index in [2.05, 4.69) is 11.9 Å². The number of fused-ring (bicyclic) bond motifs is 1. The molecule has 1 N–H and O–H groups in total. The zero-order valence-corrected chi connectivity index (χ0v) is 9.89. The van der Waals surface area contributed by atoms with E-state index in [1.165, 1.54) is 6.21 Å². The molecule has 2 aromatic rings. The molecular formula is C14H16N2O. The monoisotopic (exact) mass is 228 g/mol. The van der Waals surface area contributed by atoms with Gasteiger partial charge in [0.2, 0.25) is 0 Å². The standard InChI is InChI=1S/C14H16N2O/c1-11(6-7-15)10-17-13-8-12-4-2-3-5-14(12)16-9-13/h2-5,7-9,11,15H,6,10H2,1H3. The van der Waals surface area contributed by atoms with Gasteiger partial charge in [0.15, 0.2) is 0 Å². The van der Waals surface area contributed by atoms with Crippen molar-refractivity contribution in [3.8, 4) is 5.75 Å². The van der Waals surface area contributed by atoms with Crippen LogP contribution in [-0.2, 0) is 0 Å². The molecule has 0 spiro atoms. The van der Waals surface area contributed by atoms with E-state index in [1.807, 2.05) is 30.3 Å². The summed E-state index contributed by atoms with van der Waals surface area (Å²) in [4.78, 5) is 4.34. The predicted octanol–water partition coefficient (Wildman–Crippen LogP) is 3.29. The summed E-state index contributed by atoms with van der Waals surface area (Å²) in [6, 6.07) is 9.97. The van der Waals surface area contributed by atoms with E-state index in [9.17, 15) is 0 Å². The molecule has 17 heavy (non-hydrogen) atoms. The van der Waals surface area contributed by atoms with Crippen LogP contribution >= 0.6 is 0 Å². The Labute approximate surface area is 101 Å². The predicted molar refractivity (Wildman–Crippen MR) is 69.8 cm³/mol. The third-order valence-electron chi connectivity index (χ3n) is 2.62. The van der Waals surface area contributed by atoms with Crippen LogP contribution in [0.2, 0.25) is 0 Å². The lowest BCUT2D eigenvalue weighted by molar-refractivity contribution is 0.264. The number of benzene rings is 1. The minimum Gasteiger partial charge on any atom is -0.492 e. The SMILES string of the molecule is CC(CC=N)COc1cnc2ccccc2c1. The molecule has 0 saturated carbocycles. The topological polar surface area (TPSA) is 46.0 Å². The highest BCUT2D eigenvalue weighted by atomic mass is 16.5. The molecule has 1 aromatic heterocycles. The van der Waals surface area contributed by atoms with Crippen LogP contribution < -0.4 is 4.74 Å². The summed E-state index contributed by atoms with van der Waals surface area (Å²) < 4.78 is 5.66. The molecule has 0 aliphatic carbocycles. The Morgan fingerprint density at radius 1 is 1.41 bits per heavy atom. The maximum Gasteiger partial charge on any atom is 0.138 e. The van der Waals surface area contributed by atoms with Gasteiger partial charge in [0.05, 0.1) is 18.3 Å². The summed E-state index contributed by atoms with van der Waals surface area (Å²) in [6.07, 6.45) is 3.92. The Hall–Kier alpha value is -1.90. The maximum absolute atomic E-state index is 7.03. The van der Waals surface area contributed by atoms with E-state index >= 15 is 0 Å². The minimum atomic E-state index is 0.360. The Balaban J connectivity index is 2.06. The first-order valence-corrected chi connectivity index (χ1v) is 5.76. The van der Waals surface area contributed by atoms with Gasteiger partial charge >= 0.3 is 0 Å². The zero-order chi connectivity index (χ0) is 12.1. The lowest BCUT2D eigenvalue weighted by atomic mass is 10.1. The molecule has 1 aromatic carbocycles. The molecule has 88 valence electrons. The van der Waals surface area contributed by atoms with Crippen LogP contribution in [0, 0.1) is 11.3 Å². The fraction of sp³-hybridized carbons (Fsp3) is 0.286. The molecular weight excluding hydrogens is 212 g/mol. The molecule has 0 bridgehead atoms. The quantitative estimate of drug-likeness (QED) is 0.798. The molecule has 0 radical (unpaired) electrons. The summed E-state index contributed by atoms with van der Waals surface area (Å²) >= 11 is 0. The van der Waals surface area contributed by atoms with E-state index < -0.39 is 0 Å². The van der Waals surface area contributed by atoms with Crippen molar-refractivity contribution in [2.45, 2.75) is 13.3 Å². The molecule has 2 rings (SSSR count). The summed E-state index contributed by atoms with van der Waals surface area (Å²) in [5.74, 6) is 1.15. The largest absolute Gasteiger partial charge is 0.492 e. The van der Waals surface area contributed by atoms with Gasteiger partial charge in [-0.3, -0.25) is 4.98 Å². The maximum atomic E-state index is 7.03. The van der Waals surface area contributed by atoms with Crippen LogP contribution in [0.3, 0.4) is 0 Å². The average Bonchev–Trinajstić information content (AvgIpc) is 2.36. The van der Waals surface area contributed by atoms with E-state index in [4.69, 9.17) is 10.1 Å². The highest BCUT2D eigenvalue weighted by molar-refractivity contribution is 5.79. The Morgan fingerprint density at radius 2 is 2.24 bits per heavy atom. The van der Waals surface area contributed by atoms with Crippen molar-refractivity contribution in [1.82, 2.24) is 4.98 Å². The first-order valence-electron chi connectivity index (χ1n) is 5.76. The first-order chi connectivity index (χ1) is 8.29. The van der Waals surface area contributed by atoms with E-state index in [1.54, 1.807) is 6.20 Å². The lowest BCUT2D eigenvalue weighted by Gasteiger charge is -2.10.